The molecule has 1 N–H and O–H groups in total. The minimum atomic E-state index is -0.875. The van der Waals surface area contributed by atoms with Crippen molar-refractivity contribution >= 4 is 18.0 Å². The molecule has 4 heteroatoms. The molecule has 0 aromatic heterocycles. The summed E-state index contributed by atoms with van der Waals surface area (Å²) in [5, 5.41) is 2.32. The summed E-state index contributed by atoms with van der Waals surface area (Å²) in [6.07, 6.45) is 3.10. The molecule has 16 heavy (non-hydrogen) atoms. The Hall–Kier alpha value is -2.10. The molecule has 1 aromatic carbocycles. The summed E-state index contributed by atoms with van der Waals surface area (Å²) in [5.41, 5.74) is 0.937. The minimum Gasteiger partial charge on any atom is -0.459 e. The van der Waals surface area contributed by atoms with Crippen LogP contribution in [0.3, 0.4) is 0 Å². The second-order valence-corrected chi connectivity index (χ2v) is 2.94. The molecule has 1 amide bonds. The van der Waals surface area contributed by atoms with E-state index in [0.717, 1.165) is 5.56 Å². The Kier molecular flexibility index (Phi) is 4.79. The highest BCUT2D eigenvalue weighted by molar-refractivity contribution is 6.32. The summed E-state index contributed by atoms with van der Waals surface area (Å²) in [7, 11) is 0. The summed E-state index contributed by atoms with van der Waals surface area (Å²) in [4.78, 5) is 22.0. The monoisotopic (exact) mass is 219 g/mol. The molecule has 0 heterocycles. The highest BCUT2D eigenvalue weighted by Gasteiger charge is 2.11. The highest BCUT2D eigenvalue weighted by atomic mass is 16.5. The Bertz CT molecular complexity index is 385. The van der Waals surface area contributed by atoms with Gasteiger partial charge in [0.05, 0.1) is 6.61 Å². The largest absolute Gasteiger partial charge is 0.459 e. The van der Waals surface area contributed by atoms with E-state index in [9.17, 15) is 9.59 Å². The number of esters is 1. The lowest BCUT2D eigenvalue weighted by Gasteiger charge is -1.99. The summed E-state index contributed by atoms with van der Waals surface area (Å²) >= 11 is 0. The Morgan fingerprint density at radius 3 is 2.62 bits per heavy atom. The van der Waals surface area contributed by atoms with E-state index >= 15 is 0 Å². The molecule has 0 aliphatic heterocycles. The first-order chi connectivity index (χ1) is 7.74. The van der Waals surface area contributed by atoms with Crippen LogP contribution in [0.2, 0.25) is 0 Å². The van der Waals surface area contributed by atoms with Gasteiger partial charge in [0, 0.05) is 6.20 Å². The maximum absolute atomic E-state index is 11.1. The van der Waals surface area contributed by atoms with Crippen molar-refractivity contribution in [3.05, 3.63) is 42.1 Å². The van der Waals surface area contributed by atoms with Crippen LogP contribution in [0.4, 0.5) is 0 Å². The molecule has 0 spiro atoms. The fourth-order valence-corrected chi connectivity index (χ4v) is 1.03. The Balaban J connectivity index is 2.43. The van der Waals surface area contributed by atoms with E-state index in [4.69, 9.17) is 0 Å². The first kappa shape index (κ1) is 12.0. The van der Waals surface area contributed by atoms with Crippen LogP contribution in [0, 0.1) is 0 Å². The van der Waals surface area contributed by atoms with Crippen LogP contribution in [0.1, 0.15) is 12.5 Å². The lowest BCUT2D eigenvalue weighted by atomic mass is 10.2. The maximum Gasteiger partial charge on any atom is 0.397 e. The smallest absolute Gasteiger partial charge is 0.397 e. The number of amides is 1. The van der Waals surface area contributed by atoms with Gasteiger partial charge in [0.15, 0.2) is 0 Å². The quantitative estimate of drug-likeness (QED) is 0.616. The highest BCUT2D eigenvalue weighted by Crippen LogP contribution is 1.99. The van der Waals surface area contributed by atoms with Gasteiger partial charge in [0.1, 0.15) is 0 Å². The summed E-state index contributed by atoms with van der Waals surface area (Å²) in [6, 6.07) is 9.42. The zero-order valence-electron chi connectivity index (χ0n) is 8.97. The third kappa shape index (κ3) is 3.96. The molecule has 0 saturated carbocycles. The number of carbonyl (C=O) groups is 2. The molecule has 0 unspecified atom stereocenters. The molecule has 1 rings (SSSR count). The van der Waals surface area contributed by atoms with E-state index < -0.39 is 11.9 Å². The fourth-order valence-electron chi connectivity index (χ4n) is 1.03. The van der Waals surface area contributed by atoms with Gasteiger partial charge in [-0.2, -0.15) is 0 Å². The molecule has 0 atom stereocenters. The van der Waals surface area contributed by atoms with Crippen molar-refractivity contribution < 1.29 is 14.3 Å². The van der Waals surface area contributed by atoms with Crippen molar-refractivity contribution in [1.29, 1.82) is 0 Å². The molecule has 0 aliphatic carbocycles. The van der Waals surface area contributed by atoms with Crippen LogP contribution in [-0.4, -0.2) is 18.5 Å². The van der Waals surface area contributed by atoms with Gasteiger partial charge in [-0.3, -0.25) is 4.79 Å². The summed E-state index contributed by atoms with van der Waals surface area (Å²) in [6.45, 7) is 1.83. The fraction of sp³-hybridized carbons (Fsp3) is 0.167. The average molecular weight is 219 g/mol. The van der Waals surface area contributed by atoms with Crippen molar-refractivity contribution in [1.82, 2.24) is 5.32 Å². The van der Waals surface area contributed by atoms with Crippen molar-refractivity contribution in [3.63, 3.8) is 0 Å². The SMILES string of the molecule is CCOC(=O)C(=O)NC=Cc1ccccc1. The van der Waals surface area contributed by atoms with Gasteiger partial charge in [-0.05, 0) is 18.6 Å². The molecule has 0 radical (unpaired) electrons. The second-order valence-electron chi connectivity index (χ2n) is 2.94. The predicted octanol–water partition coefficient (Wildman–Crippen LogP) is 1.34. The lowest BCUT2D eigenvalue weighted by Crippen LogP contribution is -2.28. The number of ether oxygens (including phenoxy) is 1. The Morgan fingerprint density at radius 2 is 2.00 bits per heavy atom. The van der Waals surface area contributed by atoms with Gasteiger partial charge in [0.25, 0.3) is 0 Å². The zero-order valence-corrected chi connectivity index (χ0v) is 8.97. The van der Waals surface area contributed by atoms with Crippen molar-refractivity contribution in [3.8, 4) is 0 Å². The molecule has 0 bridgehead atoms. The third-order valence-electron chi connectivity index (χ3n) is 1.75. The first-order valence-corrected chi connectivity index (χ1v) is 4.93. The van der Waals surface area contributed by atoms with Gasteiger partial charge in [-0.1, -0.05) is 30.3 Å². The van der Waals surface area contributed by atoms with E-state index in [1.807, 2.05) is 30.3 Å². The van der Waals surface area contributed by atoms with E-state index in [0.29, 0.717) is 0 Å². The number of rotatable bonds is 3. The normalized spacial score (nSPS) is 10.1. The van der Waals surface area contributed by atoms with Gasteiger partial charge >= 0.3 is 11.9 Å². The minimum absolute atomic E-state index is 0.189. The van der Waals surface area contributed by atoms with Crippen LogP contribution in [0.15, 0.2) is 36.5 Å². The van der Waals surface area contributed by atoms with Gasteiger partial charge in [-0.15, -0.1) is 0 Å². The van der Waals surface area contributed by atoms with E-state index in [1.165, 1.54) is 6.20 Å². The maximum atomic E-state index is 11.1. The molecular formula is C12H13NO3. The number of benzene rings is 1. The number of hydrogen-bond acceptors (Lipinski definition) is 3. The zero-order chi connectivity index (χ0) is 11.8. The van der Waals surface area contributed by atoms with Crippen molar-refractivity contribution in [2.45, 2.75) is 6.92 Å². The van der Waals surface area contributed by atoms with Crippen LogP contribution in [-0.2, 0) is 14.3 Å². The molecular weight excluding hydrogens is 206 g/mol. The standard InChI is InChI=1S/C12H13NO3/c1-2-16-12(15)11(14)13-9-8-10-6-4-3-5-7-10/h3-9H,2H2,1H3,(H,13,14). The number of hydrogen-bond donors (Lipinski definition) is 1. The van der Waals surface area contributed by atoms with Crippen LogP contribution < -0.4 is 5.32 Å². The predicted molar refractivity (Wildman–Crippen MR) is 60.3 cm³/mol. The summed E-state index contributed by atoms with van der Waals surface area (Å²) in [5.74, 6) is -1.64. The van der Waals surface area contributed by atoms with E-state index in [2.05, 4.69) is 10.1 Å². The molecule has 0 saturated heterocycles. The molecule has 0 fully saturated rings. The first-order valence-electron chi connectivity index (χ1n) is 4.93. The number of carbonyl (C=O) groups excluding carboxylic acids is 2. The Labute approximate surface area is 93.9 Å². The Morgan fingerprint density at radius 1 is 1.31 bits per heavy atom. The average Bonchev–Trinajstić information content (AvgIpc) is 2.30. The van der Waals surface area contributed by atoms with Gasteiger partial charge in [-0.25, -0.2) is 4.79 Å². The van der Waals surface area contributed by atoms with Crippen molar-refractivity contribution in [2.24, 2.45) is 0 Å². The van der Waals surface area contributed by atoms with Gasteiger partial charge in [0.2, 0.25) is 0 Å². The van der Waals surface area contributed by atoms with E-state index in [-0.39, 0.29) is 6.61 Å². The van der Waals surface area contributed by atoms with Crippen molar-refractivity contribution in [2.75, 3.05) is 6.61 Å². The summed E-state index contributed by atoms with van der Waals surface area (Å²) < 4.78 is 4.52. The lowest BCUT2D eigenvalue weighted by molar-refractivity contribution is -0.154. The second kappa shape index (κ2) is 6.40. The molecule has 0 aliphatic rings. The van der Waals surface area contributed by atoms with E-state index in [1.54, 1.807) is 13.0 Å². The van der Waals surface area contributed by atoms with Crippen LogP contribution in [0.5, 0.6) is 0 Å². The topological polar surface area (TPSA) is 55.4 Å². The third-order valence-corrected chi connectivity index (χ3v) is 1.75. The van der Waals surface area contributed by atoms with Crippen LogP contribution >= 0.6 is 0 Å². The van der Waals surface area contributed by atoms with Gasteiger partial charge < -0.3 is 10.1 Å². The molecule has 84 valence electrons. The molecule has 4 nitrogen and oxygen atoms in total. The van der Waals surface area contributed by atoms with Crippen LogP contribution in [0.25, 0.3) is 6.08 Å². The molecule has 1 aromatic rings. The number of nitrogens with one attached hydrogen (secondary N) is 1.